The molecule has 1 saturated heterocycles. The molecule has 1 fully saturated rings. The Balaban J connectivity index is 2.31. The monoisotopic (exact) mass is 279 g/mol. The zero-order valence-corrected chi connectivity index (χ0v) is 12.3. The van der Waals surface area contributed by atoms with Gasteiger partial charge in [0, 0.05) is 24.8 Å². The molecule has 1 unspecified atom stereocenters. The van der Waals surface area contributed by atoms with Crippen molar-refractivity contribution in [1.29, 1.82) is 0 Å². The van der Waals surface area contributed by atoms with Crippen LogP contribution in [0.25, 0.3) is 0 Å². The van der Waals surface area contributed by atoms with Crippen LogP contribution in [0, 0.1) is 12.7 Å². The van der Waals surface area contributed by atoms with Crippen molar-refractivity contribution in [2.45, 2.75) is 26.3 Å². The van der Waals surface area contributed by atoms with Gasteiger partial charge in [-0.1, -0.05) is 0 Å². The maximum Gasteiger partial charge on any atom is 0.257 e. The molecule has 1 amide bonds. The second-order valence-corrected chi connectivity index (χ2v) is 5.66. The van der Waals surface area contributed by atoms with E-state index in [-0.39, 0.29) is 17.5 Å². The maximum atomic E-state index is 14.2. The smallest absolute Gasteiger partial charge is 0.257 e. The third-order valence-electron chi connectivity index (χ3n) is 3.81. The number of nitrogens with two attached hydrogens (primary N) is 1. The van der Waals surface area contributed by atoms with E-state index in [2.05, 4.69) is 4.90 Å². The number of carbonyl (C=O) groups is 1. The minimum absolute atomic E-state index is 0.0659. The van der Waals surface area contributed by atoms with Crippen molar-refractivity contribution < 1.29 is 9.18 Å². The van der Waals surface area contributed by atoms with Gasteiger partial charge in [-0.3, -0.25) is 4.79 Å². The third kappa shape index (κ3) is 2.93. The van der Waals surface area contributed by atoms with Gasteiger partial charge in [0.2, 0.25) is 0 Å². The van der Waals surface area contributed by atoms with Gasteiger partial charge in [-0.2, -0.15) is 0 Å². The first-order valence-electron chi connectivity index (χ1n) is 6.95. The highest BCUT2D eigenvalue weighted by Gasteiger charge is 2.27. The summed E-state index contributed by atoms with van der Waals surface area (Å²) >= 11 is 0. The van der Waals surface area contributed by atoms with Gasteiger partial charge in [0.1, 0.15) is 5.82 Å². The van der Waals surface area contributed by atoms with Crippen LogP contribution in [-0.2, 0) is 0 Å². The molecule has 4 nitrogen and oxygen atoms in total. The van der Waals surface area contributed by atoms with Crippen molar-refractivity contribution in [2.24, 2.45) is 0 Å². The van der Waals surface area contributed by atoms with Gasteiger partial charge in [-0.25, -0.2) is 4.39 Å². The summed E-state index contributed by atoms with van der Waals surface area (Å²) in [6.45, 7) is 6.03. The Hall–Kier alpha value is -1.62. The number of amides is 1. The zero-order chi connectivity index (χ0) is 14.9. The molecule has 2 N–H and O–H groups in total. The highest BCUT2D eigenvalue weighted by Crippen LogP contribution is 2.21. The molecule has 110 valence electrons. The molecule has 2 rings (SSSR count). The second kappa shape index (κ2) is 5.79. The first kappa shape index (κ1) is 14.8. The minimum Gasteiger partial charge on any atom is -0.399 e. The number of carbonyl (C=O) groups excluding carboxylic acids is 1. The lowest BCUT2D eigenvalue weighted by Crippen LogP contribution is -2.42. The van der Waals surface area contributed by atoms with Crippen LogP contribution in [0.2, 0.25) is 0 Å². The molecule has 0 bridgehead atoms. The second-order valence-electron chi connectivity index (χ2n) is 5.66. The fourth-order valence-corrected chi connectivity index (χ4v) is 2.78. The van der Waals surface area contributed by atoms with E-state index < -0.39 is 5.82 Å². The number of rotatable bonds is 1. The molecule has 1 aliphatic rings. The molecule has 0 aliphatic carbocycles. The highest BCUT2D eigenvalue weighted by molar-refractivity contribution is 5.95. The summed E-state index contributed by atoms with van der Waals surface area (Å²) in [5.74, 6) is -0.727. The van der Waals surface area contributed by atoms with Crippen LogP contribution >= 0.6 is 0 Å². The lowest BCUT2D eigenvalue weighted by molar-refractivity contribution is 0.0691. The molecule has 1 heterocycles. The minimum atomic E-state index is -0.464. The zero-order valence-electron chi connectivity index (χ0n) is 12.3. The Bertz CT molecular complexity index is 518. The highest BCUT2D eigenvalue weighted by atomic mass is 19.1. The number of aryl methyl sites for hydroxylation is 1. The molecule has 20 heavy (non-hydrogen) atoms. The van der Waals surface area contributed by atoms with E-state index in [0.29, 0.717) is 17.8 Å². The van der Waals surface area contributed by atoms with E-state index in [0.717, 1.165) is 19.5 Å². The first-order chi connectivity index (χ1) is 9.40. The molecule has 5 heteroatoms. The van der Waals surface area contributed by atoms with Crippen molar-refractivity contribution in [3.8, 4) is 0 Å². The van der Waals surface area contributed by atoms with E-state index in [4.69, 9.17) is 5.73 Å². The first-order valence-corrected chi connectivity index (χ1v) is 6.95. The molecular formula is C15H22FN3O. The van der Waals surface area contributed by atoms with E-state index in [1.54, 1.807) is 17.9 Å². The summed E-state index contributed by atoms with van der Waals surface area (Å²) in [4.78, 5) is 16.6. The number of anilines is 1. The average Bonchev–Trinajstić information content (AvgIpc) is 2.53. The van der Waals surface area contributed by atoms with Crippen LogP contribution in [0.1, 0.15) is 29.3 Å². The van der Waals surface area contributed by atoms with Gasteiger partial charge in [-0.05, 0) is 51.6 Å². The standard InChI is InChI=1S/C15H22FN3O/c1-10-7-12(17)8-13(14(10)16)15(20)19-6-4-5-18(3)9-11(19)2/h7-8,11H,4-6,9,17H2,1-3H3. The van der Waals surface area contributed by atoms with Crippen LogP contribution in [-0.4, -0.2) is 48.4 Å². The third-order valence-corrected chi connectivity index (χ3v) is 3.81. The summed E-state index contributed by atoms with van der Waals surface area (Å²) in [6, 6.07) is 3.05. The molecule has 1 aromatic rings. The SMILES string of the molecule is Cc1cc(N)cc(C(=O)N2CCCN(C)CC2C)c1F. The van der Waals surface area contributed by atoms with Crippen LogP contribution < -0.4 is 5.73 Å². The Morgan fingerprint density at radius 3 is 2.80 bits per heavy atom. The summed E-state index contributed by atoms with van der Waals surface area (Å²) < 4.78 is 14.2. The summed E-state index contributed by atoms with van der Waals surface area (Å²) in [5.41, 5.74) is 6.65. The van der Waals surface area contributed by atoms with Crippen molar-refractivity contribution in [1.82, 2.24) is 9.80 Å². The van der Waals surface area contributed by atoms with Gasteiger partial charge in [0.15, 0.2) is 0 Å². The van der Waals surface area contributed by atoms with E-state index in [9.17, 15) is 9.18 Å². The molecule has 1 aliphatic heterocycles. The largest absolute Gasteiger partial charge is 0.399 e. The molecule has 1 aromatic carbocycles. The van der Waals surface area contributed by atoms with Gasteiger partial charge in [0.05, 0.1) is 5.56 Å². The number of halogens is 1. The maximum absolute atomic E-state index is 14.2. The Kier molecular flexibility index (Phi) is 4.28. The molecule has 0 saturated carbocycles. The Labute approximate surface area is 119 Å². The number of hydrogen-bond acceptors (Lipinski definition) is 3. The molecule has 0 radical (unpaired) electrons. The van der Waals surface area contributed by atoms with Crippen LogP contribution in [0.3, 0.4) is 0 Å². The van der Waals surface area contributed by atoms with Gasteiger partial charge >= 0.3 is 0 Å². The van der Waals surface area contributed by atoms with Crippen LogP contribution in [0.5, 0.6) is 0 Å². The number of hydrogen-bond donors (Lipinski definition) is 1. The number of nitrogens with zero attached hydrogens (tertiary/aromatic N) is 2. The number of nitrogen functional groups attached to an aromatic ring is 1. The average molecular weight is 279 g/mol. The van der Waals surface area contributed by atoms with Crippen molar-refractivity contribution in [2.75, 3.05) is 32.4 Å². The van der Waals surface area contributed by atoms with E-state index in [1.807, 2.05) is 14.0 Å². The van der Waals surface area contributed by atoms with Gasteiger partial charge < -0.3 is 15.5 Å². The predicted molar refractivity (Wildman–Crippen MR) is 78.2 cm³/mol. The van der Waals surface area contributed by atoms with E-state index in [1.165, 1.54) is 6.07 Å². The van der Waals surface area contributed by atoms with Gasteiger partial charge in [-0.15, -0.1) is 0 Å². The lowest BCUT2D eigenvalue weighted by atomic mass is 10.1. The quantitative estimate of drug-likeness (QED) is 0.799. The van der Waals surface area contributed by atoms with E-state index >= 15 is 0 Å². The summed E-state index contributed by atoms with van der Waals surface area (Å²) in [7, 11) is 2.04. The normalized spacial score (nSPS) is 20.8. The van der Waals surface area contributed by atoms with Crippen molar-refractivity contribution >= 4 is 11.6 Å². The molecule has 1 atom stereocenters. The summed E-state index contributed by atoms with van der Waals surface area (Å²) in [5, 5.41) is 0. The lowest BCUT2D eigenvalue weighted by Gasteiger charge is -2.28. The topological polar surface area (TPSA) is 49.6 Å². The Morgan fingerprint density at radius 1 is 1.40 bits per heavy atom. The molecule has 0 aromatic heterocycles. The molecular weight excluding hydrogens is 257 g/mol. The number of likely N-dealkylation sites (N-methyl/N-ethyl adjacent to an activating group) is 1. The van der Waals surface area contributed by atoms with Crippen molar-refractivity contribution in [3.63, 3.8) is 0 Å². The number of benzene rings is 1. The van der Waals surface area contributed by atoms with Gasteiger partial charge in [0.25, 0.3) is 5.91 Å². The van der Waals surface area contributed by atoms with Crippen LogP contribution in [0.4, 0.5) is 10.1 Å². The van der Waals surface area contributed by atoms with Crippen LogP contribution in [0.15, 0.2) is 12.1 Å². The summed E-state index contributed by atoms with van der Waals surface area (Å²) in [6.07, 6.45) is 0.898. The fraction of sp³-hybridized carbons (Fsp3) is 0.533. The Morgan fingerprint density at radius 2 is 2.10 bits per heavy atom. The fourth-order valence-electron chi connectivity index (χ4n) is 2.78. The van der Waals surface area contributed by atoms with Crippen molar-refractivity contribution in [3.05, 3.63) is 29.1 Å². The molecule has 0 spiro atoms. The predicted octanol–water partition coefficient (Wildman–Crippen LogP) is 1.88.